The van der Waals surface area contributed by atoms with Crippen LogP contribution in [0.1, 0.15) is 27.7 Å². The SMILES string of the molecule is C=C(C)/C(Cl)=C(\N(C)C)C(C)(C)C. The fourth-order valence-electron chi connectivity index (χ4n) is 1.40. The Morgan fingerprint density at radius 1 is 1.23 bits per heavy atom. The molecule has 0 rings (SSSR count). The molecular formula is C11H20ClN. The quantitative estimate of drug-likeness (QED) is 0.617. The van der Waals surface area contributed by atoms with E-state index in [4.69, 9.17) is 11.6 Å². The standard InChI is InChI=1S/C11H20ClN/c1-8(2)9(12)10(13(6)7)11(3,4)5/h1H2,2-7H3/b10-9+. The van der Waals surface area contributed by atoms with Gasteiger partial charge >= 0.3 is 0 Å². The van der Waals surface area contributed by atoms with Gasteiger partial charge in [-0.3, -0.25) is 0 Å². The molecule has 0 fully saturated rings. The maximum atomic E-state index is 6.20. The third-order valence-electron chi connectivity index (χ3n) is 1.74. The molecule has 76 valence electrons. The van der Waals surface area contributed by atoms with Gasteiger partial charge in [0.25, 0.3) is 0 Å². The summed E-state index contributed by atoms with van der Waals surface area (Å²) in [5.74, 6) is 0. The van der Waals surface area contributed by atoms with E-state index in [-0.39, 0.29) is 5.41 Å². The van der Waals surface area contributed by atoms with Crippen molar-refractivity contribution in [2.45, 2.75) is 27.7 Å². The summed E-state index contributed by atoms with van der Waals surface area (Å²) < 4.78 is 0. The molecule has 0 aromatic rings. The fraction of sp³-hybridized carbons (Fsp3) is 0.636. The van der Waals surface area contributed by atoms with Crippen LogP contribution >= 0.6 is 11.6 Å². The van der Waals surface area contributed by atoms with Crippen LogP contribution in [0.2, 0.25) is 0 Å². The van der Waals surface area contributed by atoms with Crippen molar-refractivity contribution in [2.75, 3.05) is 14.1 Å². The number of allylic oxidation sites excluding steroid dienone is 3. The summed E-state index contributed by atoms with van der Waals surface area (Å²) in [6, 6.07) is 0. The molecule has 1 nitrogen and oxygen atoms in total. The summed E-state index contributed by atoms with van der Waals surface area (Å²) in [5.41, 5.74) is 2.10. The van der Waals surface area contributed by atoms with Crippen molar-refractivity contribution < 1.29 is 0 Å². The lowest BCUT2D eigenvalue weighted by atomic mass is 9.90. The summed E-state index contributed by atoms with van der Waals surface area (Å²) in [6.07, 6.45) is 0. The summed E-state index contributed by atoms with van der Waals surface area (Å²) in [5, 5.41) is 0.775. The minimum atomic E-state index is 0.0551. The van der Waals surface area contributed by atoms with Crippen LogP contribution in [-0.2, 0) is 0 Å². The highest BCUT2D eigenvalue weighted by molar-refractivity contribution is 6.32. The third-order valence-corrected chi connectivity index (χ3v) is 2.24. The van der Waals surface area contributed by atoms with Gasteiger partial charge in [-0.25, -0.2) is 0 Å². The van der Waals surface area contributed by atoms with Gasteiger partial charge in [0.2, 0.25) is 0 Å². The second-order valence-electron chi connectivity index (χ2n) is 4.59. The Bertz CT molecular complexity index is 231. The fourth-order valence-corrected chi connectivity index (χ4v) is 1.85. The predicted molar refractivity (Wildman–Crippen MR) is 60.8 cm³/mol. The van der Waals surface area contributed by atoms with Crippen LogP contribution in [0, 0.1) is 5.41 Å². The van der Waals surface area contributed by atoms with Gasteiger partial charge in [-0.15, -0.1) is 0 Å². The van der Waals surface area contributed by atoms with Crippen LogP contribution in [-0.4, -0.2) is 19.0 Å². The van der Waals surface area contributed by atoms with Gasteiger partial charge in [-0.1, -0.05) is 39.0 Å². The van der Waals surface area contributed by atoms with Gasteiger partial charge in [0.1, 0.15) is 0 Å². The van der Waals surface area contributed by atoms with Crippen LogP contribution in [0.15, 0.2) is 22.9 Å². The van der Waals surface area contributed by atoms with Crippen molar-refractivity contribution in [3.8, 4) is 0 Å². The van der Waals surface area contributed by atoms with Crippen molar-refractivity contribution in [1.29, 1.82) is 0 Å². The molecule has 2 heteroatoms. The molecule has 0 saturated carbocycles. The smallest absolute Gasteiger partial charge is 0.0625 e. The highest BCUT2D eigenvalue weighted by Crippen LogP contribution is 2.33. The highest BCUT2D eigenvalue weighted by atomic mass is 35.5. The van der Waals surface area contributed by atoms with E-state index in [0.29, 0.717) is 0 Å². The summed E-state index contributed by atoms with van der Waals surface area (Å²) in [4.78, 5) is 2.05. The number of nitrogens with zero attached hydrogens (tertiary/aromatic N) is 1. The molecule has 0 saturated heterocycles. The largest absolute Gasteiger partial charge is 0.379 e. The van der Waals surface area contributed by atoms with Crippen LogP contribution in [0.25, 0.3) is 0 Å². The zero-order chi connectivity index (χ0) is 10.8. The third kappa shape index (κ3) is 3.43. The molecule has 0 heterocycles. The Balaban J connectivity index is 5.26. The molecule has 0 bridgehead atoms. The van der Waals surface area contributed by atoms with Crippen molar-refractivity contribution >= 4 is 11.6 Å². The van der Waals surface area contributed by atoms with Gasteiger partial charge in [0.15, 0.2) is 0 Å². The maximum Gasteiger partial charge on any atom is 0.0625 e. The van der Waals surface area contributed by atoms with Crippen LogP contribution < -0.4 is 0 Å². The Hall–Kier alpha value is -0.430. The molecule has 13 heavy (non-hydrogen) atoms. The first-order chi connectivity index (χ1) is 5.68. The van der Waals surface area contributed by atoms with Crippen LogP contribution in [0.5, 0.6) is 0 Å². The van der Waals surface area contributed by atoms with Crippen LogP contribution in [0.4, 0.5) is 0 Å². The molecule has 0 radical (unpaired) electrons. The van der Waals surface area contributed by atoms with Crippen molar-refractivity contribution in [1.82, 2.24) is 4.90 Å². The lowest BCUT2D eigenvalue weighted by Crippen LogP contribution is -2.24. The van der Waals surface area contributed by atoms with Gasteiger partial charge in [0, 0.05) is 25.2 Å². The second-order valence-corrected chi connectivity index (χ2v) is 4.97. The number of rotatable bonds is 2. The first-order valence-electron chi connectivity index (χ1n) is 4.41. The highest BCUT2D eigenvalue weighted by Gasteiger charge is 2.22. The van der Waals surface area contributed by atoms with Gasteiger partial charge in [-0.05, 0) is 12.5 Å². The molecule has 0 unspecified atom stereocenters. The molecule has 0 aromatic carbocycles. The van der Waals surface area contributed by atoms with E-state index < -0.39 is 0 Å². The van der Waals surface area contributed by atoms with E-state index in [1.54, 1.807) is 0 Å². The number of hydrogen-bond donors (Lipinski definition) is 0. The Labute approximate surface area is 87.1 Å². The molecule has 0 N–H and O–H groups in total. The molecular weight excluding hydrogens is 182 g/mol. The normalized spacial score (nSPS) is 13.8. The Morgan fingerprint density at radius 3 is 1.69 bits per heavy atom. The Kier molecular flexibility index (Phi) is 4.05. The minimum Gasteiger partial charge on any atom is -0.379 e. The second kappa shape index (κ2) is 4.19. The van der Waals surface area contributed by atoms with E-state index in [1.807, 2.05) is 21.0 Å². The van der Waals surface area contributed by atoms with Crippen molar-refractivity contribution in [2.24, 2.45) is 5.41 Å². The molecule has 0 atom stereocenters. The maximum absolute atomic E-state index is 6.20. The van der Waals surface area contributed by atoms with Gasteiger partial charge in [0.05, 0.1) is 5.03 Å². The lowest BCUT2D eigenvalue weighted by molar-refractivity contribution is 0.351. The monoisotopic (exact) mass is 201 g/mol. The average Bonchev–Trinajstić information content (AvgIpc) is 1.82. The van der Waals surface area contributed by atoms with E-state index in [0.717, 1.165) is 16.3 Å². The first kappa shape index (κ1) is 12.6. The van der Waals surface area contributed by atoms with E-state index in [1.165, 1.54) is 0 Å². The predicted octanol–water partition coefficient (Wildman–Crippen LogP) is 3.62. The first-order valence-corrected chi connectivity index (χ1v) is 4.79. The van der Waals surface area contributed by atoms with Gasteiger partial charge < -0.3 is 4.90 Å². The summed E-state index contributed by atoms with van der Waals surface area (Å²) in [6.45, 7) is 12.2. The average molecular weight is 202 g/mol. The zero-order valence-corrected chi connectivity index (χ0v) is 10.3. The lowest BCUT2D eigenvalue weighted by Gasteiger charge is -2.31. The van der Waals surface area contributed by atoms with Crippen molar-refractivity contribution in [3.05, 3.63) is 22.9 Å². The molecule has 0 aromatic heterocycles. The summed E-state index contributed by atoms with van der Waals surface area (Å²) in [7, 11) is 4.01. The number of halogens is 1. The topological polar surface area (TPSA) is 3.24 Å². The minimum absolute atomic E-state index is 0.0551. The van der Waals surface area contributed by atoms with Crippen LogP contribution in [0.3, 0.4) is 0 Å². The summed E-state index contributed by atoms with van der Waals surface area (Å²) >= 11 is 6.20. The van der Waals surface area contributed by atoms with Crippen molar-refractivity contribution in [3.63, 3.8) is 0 Å². The van der Waals surface area contributed by atoms with E-state index in [9.17, 15) is 0 Å². The molecule has 0 aliphatic carbocycles. The van der Waals surface area contributed by atoms with E-state index >= 15 is 0 Å². The van der Waals surface area contributed by atoms with E-state index in [2.05, 4.69) is 32.3 Å². The van der Waals surface area contributed by atoms with Gasteiger partial charge in [-0.2, -0.15) is 0 Å². The molecule has 0 spiro atoms. The molecule has 0 amide bonds. The molecule has 0 aliphatic rings. The molecule has 0 aliphatic heterocycles. The zero-order valence-electron chi connectivity index (χ0n) is 9.53. The Morgan fingerprint density at radius 2 is 1.62 bits per heavy atom. The number of hydrogen-bond acceptors (Lipinski definition) is 1.